The molecule has 0 aliphatic heterocycles. The first kappa shape index (κ1) is 13.7. The van der Waals surface area contributed by atoms with E-state index < -0.39 is 6.63 Å². The fourth-order valence-electron chi connectivity index (χ4n) is 1.84. The van der Waals surface area contributed by atoms with Crippen molar-refractivity contribution in [2.75, 3.05) is 11.9 Å². The van der Waals surface area contributed by atoms with Crippen LogP contribution in [-0.2, 0) is 0 Å². The Kier molecular flexibility index (Phi) is 4.50. The number of benzene rings is 2. The van der Waals surface area contributed by atoms with Crippen LogP contribution < -0.4 is 10.2 Å². The summed E-state index contributed by atoms with van der Waals surface area (Å²) in [7, 11) is 2.03. The number of aryl methyl sites for hydroxylation is 1. The van der Waals surface area contributed by atoms with Gasteiger partial charge in [-0.05, 0) is 36.8 Å². The van der Waals surface area contributed by atoms with Crippen molar-refractivity contribution in [3.05, 3.63) is 54.1 Å². The summed E-state index contributed by atoms with van der Waals surface area (Å²) in [4.78, 5) is 2.11. The van der Waals surface area contributed by atoms with E-state index in [1.807, 2.05) is 37.4 Å². The van der Waals surface area contributed by atoms with E-state index in [9.17, 15) is 0 Å². The van der Waals surface area contributed by atoms with Crippen LogP contribution in [0.3, 0.4) is 0 Å². The van der Waals surface area contributed by atoms with Gasteiger partial charge >= 0.3 is 0 Å². The van der Waals surface area contributed by atoms with E-state index in [1.54, 1.807) is 0 Å². The van der Waals surface area contributed by atoms with Crippen molar-refractivity contribution in [1.82, 2.24) is 0 Å². The van der Waals surface area contributed by atoms with Crippen molar-refractivity contribution in [2.45, 2.75) is 6.92 Å². The zero-order valence-electron chi connectivity index (χ0n) is 10.3. The minimum absolute atomic E-state index is 0.991. The molecule has 0 bridgehead atoms. The van der Waals surface area contributed by atoms with Crippen LogP contribution in [0.15, 0.2) is 48.5 Å². The van der Waals surface area contributed by atoms with Crippen LogP contribution in [0, 0.1) is 6.92 Å². The van der Waals surface area contributed by atoms with Gasteiger partial charge in [0.25, 0.3) is 0 Å². The topological polar surface area (TPSA) is 3.24 Å². The summed E-state index contributed by atoms with van der Waals surface area (Å²) in [5.41, 5.74) is 3.38. The third-order valence-electron chi connectivity index (χ3n) is 2.82. The second-order valence-electron chi connectivity index (χ2n) is 4.12. The Morgan fingerprint density at radius 1 is 1.00 bits per heavy atom. The first-order valence-electron chi connectivity index (χ1n) is 5.60. The summed E-state index contributed by atoms with van der Waals surface area (Å²) >= 11 is 12.2. The predicted molar refractivity (Wildman–Crippen MR) is 83.9 cm³/mol. The Morgan fingerprint density at radius 2 is 1.67 bits per heavy atom. The highest BCUT2D eigenvalue weighted by Gasteiger charge is 2.14. The Balaban J connectivity index is 2.47. The molecule has 0 spiro atoms. The summed E-state index contributed by atoms with van der Waals surface area (Å²) in [5, 5.41) is 0.991. The minimum Gasteiger partial charge on any atom is -0.344 e. The third-order valence-corrected chi connectivity index (χ3v) is 4.65. The molecule has 0 fully saturated rings. The maximum atomic E-state index is 6.10. The van der Waals surface area contributed by atoms with E-state index in [1.165, 1.54) is 5.56 Å². The average Bonchev–Trinajstić information content (AvgIpc) is 2.38. The third kappa shape index (κ3) is 2.98. The Labute approximate surface area is 119 Å². The summed E-state index contributed by atoms with van der Waals surface area (Å²) < 4.78 is 0. The molecular weight excluding hydrogens is 284 g/mol. The molecule has 0 saturated heterocycles. The summed E-state index contributed by atoms with van der Waals surface area (Å²) in [6.07, 6.45) is 0. The van der Waals surface area contributed by atoms with Crippen LogP contribution in [0.2, 0.25) is 0 Å². The van der Waals surface area contributed by atoms with Crippen LogP contribution in [-0.4, -0.2) is 7.05 Å². The van der Waals surface area contributed by atoms with Crippen molar-refractivity contribution in [3.8, 4) is 0 Å². The number of nitrogens with zero attached hydrogens (tertiary/aromatic N) is 1. The van der Waals surface area contributed by atoms with Gasteiger partial charge in [-0.1, -0.05) is 46.7 Å². The molecule has 0 N–H and O–H groups in total. The van der Waals surface area contributed by atoms with E-state index in [0.717, 1.165) is 16.7 Å². The molecule has 0 amide bonds. The lowest BCUT2D eigenvalue weighted by Crippen LogP contribution is -2.16. The van der Waals surface area contributed by atoms with Crippen LogP contribution in [0.4, 0.5) is 11.4 Å². The summed E-state index contributed by atoms with van der Waals surface area (Å²) in [6.45, 7) is 0.918. The molecule has 2 aromatic rings. The molecule has 0 unspecified atom stereocenters. The smallest absolute Gasteiger partial charge is 0.119 e. The normalized spacial score (nSPS) is 10.7. The van der Waals surface area contributed by atoms with Gasteiger partial charge in [-0.3, -0.25) is 0 Å². The Morgan fingerprint density at radius 3 is 2.28 bits per heavy atom. The van der Waals surface area contributed by atoms with Gasteiger partial charge in [-0.15, -0.1) is 0 Å². The van der Waals surface area contributed by atoms with Crippen LogP contribution in [0.1, 0.15) is 5.56 Å². The van der Waals surface area contributed by atoms with Gasteiger partial charge in [-0.2, -0.15) is 0 Å². The van der Waals surface area contributed by atoms with Gasteiger partial charge in [0.05, 0.1) is 5.69 Å². The van der Waals surface area contributed by atoms with Gasteiger partial charge in [0.15, 0.2) is 0 Å². The van der Waals surface area contributed by atoms with Crippen molar-refractivity contribution in [2.24, 2.45) is 0 Å². The number of anilines is 2. The van der Waals surface area contributed by atoms with Gasteiger partial charge in [0, 0.05) is 18.0 Å². The number of hydrogen-bond acceptors (Lipinski definition) is 1. The van der Waals surface area contributed by atoms with Gasteiger partial charge < -0.3 is 4.90 Å². The molecule has 1 nitrogen and oxygen atoms in total. The molecule has 0 atom stereocenters. The number of para-hydroxylation sites is 1. The fraction of sp³-hybridized carbons (Fsp3) is 0.143. The molecule has 0 aliphatic rings. The highest BCUT2D eigenvalue weighted by Crippen LogP contribution is 2.48. The van der Waals surface area contributed by atoms with Crippen LogP contribution in [0.25, 0.3) is 0 Å². The average molecular weight is 298 g/mol. The van der Waals surface area contributed by atoms with Crippen LogP contribution in [0.5, 0.6) is 0 Å². The first-order valence-corrected chi connectivity index (χ1v) is 8.76. The number of rotatable bonds is 3. The standard InChI is InChI=1S/C14H14Cl2NP/c1-11-8-9-14(18(15)16)13(10-11)17(2)12-6-4-3-5-7-12/h3-10H,1-2H3. The zero-order chi connectivity index (χ0) is 13.1. The summed E-state index contributed by atoms with van der Waals surface area (Å²) in [6, 6.07) is 16.3. The Hall–Kier alpha value is -0.750. The van der Waals surface area contributed by atoms with Gasteiger partial charge in [0.1, 0.15) is 6.63 Å². The monoisotopic (exact) mass is 297 g/mol. The van der Waals surface area contributed by atoms with Crippen LogP contribution >= 0.6 is 29.1 Å². The predicted octanol–water partition coefficient (Wildman–Crippen LogP) is 5.18. The van der Waals surface area contributed by atoms with E-state index >= 15 is 0 Å². The molecule has 94 valence electrons. The largest absolute Gasteiger partial charge is 0.344 e. The molecule has 0 aliphatic carbocycles. The molecule has 2 aromatic carbocycles. The van der Waals surface area contributed by atoms with E-state index in [-0.39, 0.29) is 0 Å². The fourth-order valence-corrected chi connectivity index (χ4v) is 3.27. The maximum Gasteiger partial charge on any atom is 0.119 e. The SMILES string of the molecule is Cc1ccc(P(Cl)Cl)c(N(C)c2ccccc2)c1. The highest BCUT2D eigenvalue weighted by atomic mass is 35.9. The molecule has 0 aromatic heterocycles. The molecule has 0 saturated carbocycles. The molecule has 0 radical (unpaired) electrons. The second kappa shape index (κ2) is 5.93. The number of hydrogen-bond donors (Lipinski definition) is 0. The van der Waals surface area contributed by atoms with Gasteiger partial charge in [-0.25, -0.2) is 0 Å². The van der Waals surface area contributed by atoms with Crippen molar-refractivity contribution < 1.29 is 0 Å². The maximum absolute atomic E-state index is 6.10. The lowest BCUT2D eigenvalue weighted by atomic mass is 10.2. The molecule has 4 heteroatoms. The molecular formula is C14H14Cl2NP. The molecule has 0 heterocycles. The lowest BCUT2D eigenvalue weighted by Gasteiger charge is -2.23. The highest BCUT2D eigenvalue weighted by molar-refractivity contribution is 8.09. The van der Waals surface area contributed by atoms with E-state index in [4.69, 9.17) is 22.5 Å². The van der Waals surface area contributed by atoms with E-state index in [0.29, 0.717) is 0 Å². The minimum atomic E-state index is -1.15. The summed E-state index contributed by atoms with van der Waals surface area (Å²) in [5.74, 6) is 0. The number of halogens is 2. The van der Waals surface area contributed by atoms with Crippen molar-refractivity contribution in [3.63, 3.8) is 0 Å². The molecule has 2 rings (SSSR count). The van der Waals surface area contributed by atoms with Crippen molar-refractivity contribution in [1.29, 1.82) is 0 Å². The van der Waals surface area contributed by atoms with E-state index in [2.05, 4.69) is 30.0 Å². The quantitative estimate of drug-likeness (QED) is 0.706. The molecule has 18 heavy (non-hydrogen) atoms. The lowest BCUT2D eigenvalue weighted by molar-refractivity contribution is 1.21. The Bertz CT molecular complexity index is 529. The second-order valence-corrected chi connectivity index (χ2v) is 7.61. The van der Waals surface area contributed by atoms with Crippen molar-refractivity contribution >= 4 is 45.8 Å². The first-order chi connectivity index (χ1) is 8.59. The van der Waals surface area contributed by atoms with Gasteiger partial charge in [0.2, 0.25) is 0 Å². The zero-order valence-corrected chi connectivity index (χ0v) is 12.7.